The molecular formula is C13H16N2O3S. The summed E-state index contributed by atoms with van der Waals surface area (Å²) < 4.78 is 1.27. The number of aromatic nitrogens is 2. The fraction of sp³-hybridized carbons (Fsp3) is 0.385. The Morgan fingerprint density at radius 3 is 2.68 bits per heavy atom. The Morgan fingerprint density at radius 1 is 1.42 bits per heavy atom. The lowest BCUT2D eigenvalue weighted by Crippen LogP contribution is -2.34. The van der Waals surface area contributed by atoms with Crippen LogP contribution >= 0.6 is 11.3 Å². The van der Waals surface area contributed by atoms with E-state index in [1.165, 1.54) is 15.9 Å². The normalized spacial score (nSPS) is 12.5. The van der Waals surface area contributed by atoms with E-state index in [4.69, 9.17) is 0 Å². The second-order valence-corrected chi connectivity index (χ2v) is 5.20. The zero-order chi connectivity index (χ0) is 14.0. The largest absolute Gasteiger partial charge is 0.494 e. The van der Waals surface area contributed by atoms with E-state index in [2.05, 4.69) is 4.98 Å². The predicted molar refractivity (Wildman–Crippen MR) is 75.1 cm³/mol. The molecule has 0 spiro atoms. The van der Waals surface area contributed by atoms with Crippen LogP contribution in [0.25, 0.3) is 0 Å². The van der Waals surface area contributed by atoms with Gasteiger partial charge in [-0.2, -0.15) is 0 Å². The topological polar surface area (TPSA) is 75.1 Å². The number of thiophene rings is 1. The standard InChI is InChI=1S/C13H16N2O3S/c1-3-8-11(16)14-13(18)15(12(8)17)9(4-2)10-6-5-7-19-10/h5-7,9,17H,3-4H2,1-2H3,(H,14,16,18). The van der Waals surface area contributed by atoms with Gasteiger partial charge in [0.25, 0.3) is 5.56 Å². The van der Waals surface area contributed by atoms with Crippen molar-refractivity contribution < 1.29 is 5.11 Å². The van der Waals surface area contributed by atoms with E-state index in [-0.39, 0.29) is 17.5 Å². The van der Waals surface area contributed by atoms with Crippen LogP contribution in [0, 0.1) is 0 Å². The summed E-state index contributed by atoms with van der Waals surface area (Å²) in [5, 5.41) is 12.1. The summed E-state index contributed by atoms with van der Waals surface area (Å²) in [4.78, 5) is 26.8. The van der Waals surface area contributed by atoms with Crippen molar-refractivity contribution >= 4 is 11.3 Å². The first-order valence-electron chi connectivity index (χ1n) is 6.20. The first kappa shape index (κ1) is 13.6. The van der Waals surface area contributed by atoms with Crippen LogP contribution in [-0.4, -0.2) is 14.7 Å². The monoisotopic (exact) mass is 280 g/mol. The van der Waals surface area contributed by atoms with Gasteiger partial charge in [-0.1, -0.05) is 19.9 Å². The van der Waals surface area contributed by atoms with Gasteiger partial charge in [0.15, 0.2) is 0 Å². The van der Waals surface area contributed by atoms with Crippen LogP contribution < -0.4 is 11.2 Å². The molecule has 0 radical (unpaired) electrons. The molecule has 2 heterocycles. The van der Waals surface area contributed by atoms with Crippen LogP contribution in [0.5, 0.6) is 5.88 Å². The van der Waals surface area contributed by atoms with Crippen LogP contribution in [0.2, 0.25) is 0 Å². The molecule has 102 valence electrons. The van der Waals surface area contributed by atoms with Gasteiger partial charge < -0.3 is 5.11 Å². The molecule has 19 heavy (non-hydrogen) atoms. The molecule has 1 unspecified atom stereocenters. The maximum Gasteiger partial charge on any atom is 0.331 e. The van der Waals surface area contributed by atoms with E-state index in [0.717, 1.165) is 4.88 Å². The lowest BCUT2D eigenvalue weighted by molar-refractivity contribution is 0.373. The molecule has 6 heteroatoms. The first-order chi connectivity index (χ1) is 9.10. The van der Waals surface area contributed by atoms with Crippen LogP contribution in [0.1, 0.15) is 36.8 Å². The highest BCUT2D eigenvalue weighted by Gasteiger charge is 2.21. The molecule has 0 fully saturated rings. The Kier molecular flexibility index (Phi) is 3.90. The molecular weight excluding hydrogens is 264 g/mol. The maximum absolute atomic E-state index is 12.0. The summed E-state index contributed by atoms with van der Waals surface area (Å²) in [6, 6.07) is 3.56. The second kappa shape index (κ2) is 5.44. The average Bonchev–Trinajstić information content (AvgIpc) is 2.88. The van der Waals surface area contributed by atoms with Crippen molar-refractivity contribution in [3.63, 3.8) is 0 Å². The molecule has 2 aromatic rings. The summed E-state index contributed by atoms with van der Waals surface area (Å²) in [6.45, 7) is 3.71. The highest BCUT2D eigenvalue weighted by molar-refractivity contribution is 7.10. The summed E-state index contributed by atoms with van der Waals surface area (Å²) in [5.41, 5.74) is -0.836. The van der Waals surface area contributed by atoms with Gasteiger partial charge >= 0.3 is 5.69 Å². The highest BCUT2D eigenvalue weighted by Crippen LogP contribution is 2.28. The third-order valence-electron chi connectivity index (χ3n) is 3.13. The van der Waals surface area contributed by atoms with E-state index in [1.54, 1.807) is 6.92 Å². The minimum absolute atomic E-state index is 0.225. The van der Waals surface area contributed by atoms with Crippen molar-refractivity contribution in [2.45, 2.75) is 32.7 Å². The number of nitrogens with zero attached hydrogens (tertiary/aromatic N) is 1. The summed E-state index contributed by atoms with van der Waals surface area (Å²) in [7, 11) is 0. The Hall–Kier alpha value is -1.82. The van der Waals surface area contributed by atoms with Gasteiger partial charge in [-0.05, 0) is 24.3 Å². The molecule has 0 saturated carbocycles. The Bertz CT molecular complexity index is 670. The molecule has 0 saturated heterocycles. The Labute approximate surface area is 114 Å². The van der Waals surface area contributed by atoms with E-state index >= 15 is 0 Å². The van der Waals surface area contributed by atoms with E-state index < -0.39 is 11.2 Å². The third kappa shape index (κ3) is 2.35. The fourth-order valence-corrected chi connectivity index (χ4v) is 3.08. The number of H-pyrrole nitrogens is 1. The summed E-state index contributed by atoms with van der Waals surface area (Å²) >= 11 is 1.52. The first-order valence-corrected chi connectivity index (χ1v) is 7.08. The van der Waals surface area contributed by atoms with Crippen LogP contribution in [0.15, 0.2) is 27.1 Å². The molecule has 1 atom stereocenters. The lowest BCUT2D eigenvalue weighted by atomic mass is 10.1. The number of nitrogens with one attached hydrogen (secondary N) is 1. The van der Waals surface area contributed by atoms with Gasteiger partial charge in [-0.25, -0.2) is 4.79 Å². The number of aromatic hydroxyl groups is 1. The quantitative estimate of drug-likeness (QED) is 0.897. The molecule has 2 aromatic heterocycles. The van der Waals surface area contributed by atoms with Crippen molar-refractivity contribution in [1.29, 1.82) is 0 Å². The highest BCUT2D eigenvalue weighted by atomic mass is 32.1. The van der Waals surface area contributed by atoms with Crippen molar-refractivity contribution in [3.05, 3.63) is 48.8 Å². The van der Waals surface area contributed by atoms with Gasteiger partial charge in [0, 0.05) is 4.88 Å². The van der Waals surface area contributed by atoms with Crippen LogP contribution in [-0.2, 0) is 6.42 Å². The average molecular weight is 280 g/mol. The molecule has 0 bridgehead atoms. The molecule has 0 aliphatic carbocycles. The smallest absolute Gasteiger partial charge is 0.331 e. The summed E-state index contributed by atoms with van der Waals surface area (Å²) in [6.07, 6.45) is 1.03. The third-order valence-corrected chi connectivity index (χ3v) is 4.11. The zero-order valence-electron chi connectivity index (χ0n) is 10.8. The number of rotatable bonds is 4. The van der Waals surface area contributed by atoms with Gasteiger partial charge in [-0.15, -0.1) is 11.3 Å². The molecule has 0 aliphatic rings. The van der Waals surface area contributed by atoms with E-state index in [1.807, 2.05) is 24.4 Å². The second-order valence-electron chi connectivity index (χ2n) is 4.22. The van der Waals surface area contributed by atoms with Crippen molar-refractivity contribution in [3.8, 4) is 5.88 Å². The van der Waals surface area contributed by atoms with E-state index in [9.17, 15) is 14.7 Å². The van der Waals surface area contributed by atoms with Crippen LogP contribution in [0.3, 0.4) is 0 Å². The maximum atomic E-state index is 12.0. The molecule has 0 aliphatic heterocycles. The SMILES string of the molecule is CCc1c(O)n(C(CC)c2cccs2)c(=O)[nH]c1=O. The summed E-state index contributed by atoms with van der Waals surface area (Å²) in [5.74, 6) is -0.225. The number of aromatic amines is 1. The molecule has 0 aromatic carbocycles. The predicted octanol–water partition coefficient (Wildman–Crippen LogP) is 1.87. The van der Waals surface area contributed by atoms with Crippen LogP contribution in [0.4, 0.5) is 0 Å². The Balaban J connectivity index is 2.68. The minimum atomic E-state index is -0.569. The minimum Gasteiger partial charge on any atom is -0.494 e. The Morgan fingerprint density at radius 2 is 2.16 bits per heavy atom. The lowest BCUT2D eigenvalue weighted by Gasteiger charge is -2.19. The zero-order valence-corrected chi connectivity index (χ0v) is 11.7. The molecule has 0 amide bonds. The van der Waals surface area contributed by atoms with Crippen molar-refractivity contribution in [2.75, 3.05) is 0 Å². The van der Waals surface area contributed by atoms with Gasteiger partial charge in [0.1, 0.15) is 0 Å². The van der Waals surface area contributed by atoms with Gasteiger partial charge in [0.05, 0.1) is 11.6 Å². The van der Waals surface area contributed by atoms with Gasteiger partial charge in [0.2, 0.25) is 5.88 Å². The molecule has 5 nitrogen and oxygen atoms in total. The van der Waals surface area contributed by atoms with Gasteiger partial charge in [-0.3, -0.25) is 14.3 Å². The fourth-order valence-electron chi connectivity index (χ4n) is 2.18. The van der Waals surface area contributed by atoms with Crippen molar-refractivity contribution in [1.82, 2.24) is 9.55 Å². The van der Waals surface area contributed by atoms with Crippen molar-refractivity contribution in [2.24, 2.45) is 0 Å². The molecule has 2 N–H and O–H groups in total. The van der Waals surface area contributed by atoms with E-state index in [0.29, 0.717) is 12.8 Å². The number of hydrogen-bond donors (Lipinski definition) is 2. The molecule has 2 rings (SSSR count). The number of hydrogen-bond acceptors (Lipinski definition) is 4.